The Bertz CT molecular complexity index is 62.4. The third-order valence-corrected chi connectivity index (χ3v) is 1.05. The Morgan fingerprint density at radius 3 is 2.33 bits per heavy atom. The molecule has 0 N–H and O–H groups in total. The number of allylic oxidation sites excluding steroid dienone is 2. The van der Waals surface area contributed by atoms with Crippen molar-refractivity contribution in [2.24, 2.45) is 5.92 Å². The second kappa shape index (κ2) is 1.46. The lowest BCUT2D eigenvalue weighted by molar-refractivity contribution is 0.743. The minimum Gasteiger partial charge on any atom is -0.0845 e. The van der Waals surface area contributed by atoms with Gasteiger partial charge in [-0.2, -0.15) is 0 Å². The SMILES string of the molecule is [CH2]CC1[CH]C=C1. The van der Waals surface area contributed by atoms with Crippen molar-refractivity contribution in [3.63, 3.8) is 0 Å². The molecule has 2 radical (unpaired) electrons. The minimum absolute atomic E-state index is 0.699. The molecule has 1 atom stereocenters. The van der Waals surface area contributed by atoms with Crippen LogP contribution in [0.5, 0.6) is 0 Å². The number of hydrogen-bond acceptors (Lipinski definition) is 0. The summed E-state index contributed by atoms with van der Waals surface area (Å²) in [7, 11) is 0. The Morgan fingerprint density at radius 1 is 1.67 bits per heavy atom. The molecule has 0 saturated heterocycles. The lowest BCUT2D eigenvalue weighted by Gasteiger charge is -2.12. The third kappa shape index (κ3) is 0.469. The highest BCUT2D eigenvalue weighted by Crippen LogP contribution is 2.17. The Labute approximate surface area is 38.9 Å². The van der Waals surface area contributed by atoms with Gasteiger partial charge in [-0.1, -0.05) is 19.1 Å². The summed E-state index contributed by atoms with van der Waals surface area (Å²) >= 11 is 0. The molecular formula is C6H8. The van der Waals surface area contributed by atoms with Gasteiger partial charge < -0.3 is 0 Å². The van der Waals surface area contributed by atoms with Gasteiger partial charge in [-0.25, -0.2) is 0 Å². The highest BCUT2D eigenvalue weighted by molar-refractivity contribution is 5.16. The molecule has 0 nitrogen and oxygen atoms in total. The maximum Gasteiger partial charge on any atom is -0.0102 e. The van der Waals surface area contributed by atoms with Crippen LogP contribution in [0.1, 0.15) is 6.42 Å². The summed E-state index contributed by atoms with van der Waals surface area (Å²) in [5.41, 5.74) is 0. The van der Waals surface area contributed by atoms with E-state index in [9.17, 15) is 0 Å². The second-order valence-corrected chi connectivity index (χ2v) is 1.53. The molecule has 0 aromatic rings. The standard InChI is InChI=1S/C6H8/c1-2-6-4-3-5-6/h3-6H,1-2H2. The van der Waals surface area contributed by atoms with E-state index in [4.69, 9.17) is 0 Å². The van der Waals surface area contributed by atoms with Crippen LogP contribution in [0.3, 0.4) is 0 Å². The van der Waals surface area contributed by atoms with Crippen molar-refractivity contribution in [1.29, 1.82) is 0 Å². The van der Waals surface area contributed by atoms with Crippen LogP contribution >= 0.6 is 0 Å². The zero-order chi connectivity index (χ0) is 4.41. The zero-order valence-electron chi connectivity index (χ0n) is 3.72. The van der Waals surface area contributed by atoms with Gasteiger partial charge in [-0.15, -0.1) is 0 Å². The van der Waals surface area contributed by atoms with E-state index in [2.05, 4.69) is 25.5 Å². The summed E-state index contributed by atoms with van der Waals surface area (Å²) in [4.78, 5) is 0. The average Bonchev–Trinajstić information content (AvgIpc) is 1.31. The van der Waals surface area contributed by atoms with Crippen molar-refractivity contribution in [3.05, 3.63) is 25.5 Å². The summed E-state index contributed by atoms with van der Waals surface area (Å²) in [6.07, 6.45) is 7.41. The maximum absolute atomic E-state index is 3.73. The lowest BCUT2D eigenvalue weighted by Crippen LogP contribution is -2.00. The summed E-state index contributed by atoms with van der Waals surface area (Å²) < 4.78 is 0. The molecule has 0 bridgehead atoms. The summed E-state index contributed by atoms with van der Waals surface area (Å²) in [6, 6.07) is 0. The molecule has 1 unspecified atom stereocenters. The highest BCUT2D eigenvalue weighted by Gasteiger charge is 2.04. The van der Waals surface area contributed by atoms with Crippen LogP contribution in [-0.2, 0) is 0 Å². The van der Waals surface area contributed by atoms with E-state index in [-0.39, 0.29) is 0 Å². The Morgan fingerprint density at radius 2 is 2.33 bits per heavy atom. The van der Waals surface area contributed by atoms with Gasteiger partial charge in [0.05, 0.1) is 0 Å². The molecule has 0 amide bonds. The second-order valence-electron chi connectivity index (χ2n) is 1.53. The van der Waals surface area contributed by atoms with E-state index in [1.807, 2.05) is 0 Å². The molecule has 1 aliphatic carbocycles. The molecular weight excluding hydrogens is 72.1 g/mol. The van der Waals surface area contributed by atoms with Crippen LogP contribution in [0.4, 0.5) is 0 Å². The summed E-state index contributed by atoms with van der Waals surface area (Å²) in [5.74, 6) is 0.699. The Balaban J connectivity index is 2.21. The van der Waals surface area contributed by atoms with Crippen molar-refractivity contribution in [2.45, 2.75) is 6.42 Å². The van der Waals surface area contributed by atoms with Crippen LogP contribution in [0.2, 0.25) is 0 Å². The average molecular weight is 80.1 g/mol. The van der Waals surface area contributed by atoms with Crippen LogP contribution < -0.4 is 0 Å². The fourth-order valence-electron chi connectivity index (χ4n) is 0.461. The van der Waals surface area contributed by atoms with Gasteiger partial charge in [0.25, 0.3) is 0 Å². The van der Waals surface area contributed by atoms with E-state index >= 15 is 0 Å². The smallest absolute Gasteiger partial charge is 0.0102 e. The van der Waals surface area contributed by atoms with Crippen molar-refractivity contribution < 1.29 is 0 Å². The third-order valence-electron chi connectivity index (χ3n) is 1.05. The Kier molecular flexibility index (Phi) is 0.952. The Hall–Kier alpha value is -0.260. The fraction of sp³-hybridized carbons (Fsp3) is 0.333. The number of rotatable bonds is 1. The van der Waals surface area contributed by atoms with Crippen molar-refractivity contribution >= 4 is 0 Å². The molecule has 0 aromatic carbocycles. The first-order valence-electron chi connectivity index (χ1n) is 2.24. The molecule has 0 fully saturated rings. The normalized spacial score (nSPS) is 29.8. The predicted octanol–water partition coefficient (Wildman–Crippen LogP) is 1.60. The zero-order valence-corrected chi connectivity index (χ0v) is 3.72. The summed E-state index contributed by atoms with van der Waals surface area (Å²) in [6.45, 7) is 3.73. The van der Waals surface area contributed by atoms with Crippen molar-refractivity contribution in [3.8, 4) is 0 Å². The van der Waals surface area contributed by atoms with E-state index in [0.29, 0.717) is 5.92 Å². The lowest BCUT2D eigenvalue weighted by atomic mass is 9.93. The minimum atomic E-state index is 0.699. The van der Waals surface area contributed by atoms with E-state index in [0.717, 1.165) is 6.42 Å². The topological polar surface area (TPSA) is 0 Å². The van der Waals surface area contributed by atoms with Gasteiger partial charge in [0.2, 0.25) is 0 Å². The fourth-order valence-corrected chi connectivity index (χ4v) is 0.461. The van der Waals surface area contributed by atoms with Gasteiger partial charge in [0.15, 0.2) is 0 Å². The van der Waals surface area contributed by atoms with E-state index in [1.54, 1.807) is 0 Å². The molecule has 0 saturated carbocycles. The maximum atomic E-state index is 3.73. The molecule has 32 valence electrons. The van der Waals surface area contributed by atoms with Crippen molar-refractivity contribution in [1.82, 2.24) is 0 Å². The molecule has 1 aliphatic rings. The van der Waals surface area contributed by atoms with E-state index in [1.165, 1.54) is 0 Å². The van der Waals surface area contributed by atoms with Crippen LogP contribution in [-0.4, -0.2) is 0 Å². The molecule has 0 spiro atoms. The largest absolute Gasteiger partial charge is 0.0845 e. The van der Waals surface area contributed by atoms with Gasteiger partial charge in [0, 0.05) is 0 Å². The van der Waals surface area contributed by atoms with E-state index < -0.39 is 0 Å². The molecule has 0 heterocycles. The van der Waals surface area contributed by atoms with Crippen molar-refractivity contribution in [2.75, 3.05) is 0 Å². The molecule has 0 aromatic heterocycles. The van der Waals surface area contributed by atoms with Crippen LogP contribution in [0, 0.1) is 19.3 Å². The van der Waals surface area contributed by atoms with Gasteiger partial charge in [0.1, 0.15) is 0 Å². The quantitative estimate of drug-likeness (QED) is 0.448. The molecule has 0 heteroatoms. The highest BCUT2D eigenvalue weighted by atomic mass is 14.1. The first-order chi connectivity index (χ1) is 2.93. The van der Waals surface area contributed by atoms with Crippen LogP contribution in [0.15, 0.2) is 12.2 Å². The first kappa shape index (κ1) is 3.91. The molecule has 6 heavy (non-hydrogen) atoms. The predicted molar refractivity (Wildman–Crippen MR) is 26.9 cm³/mol. The van der Waals surface area contributed by atoms with Gasteiger partial charge in [-0.05, 0) is 18.8 Å². The summed E-state index contributed by atoms with van der Waals surface area (Å²) in [5, 5.41) is 0. The van der Waals surface area contributed by atoms with Gasteiger partial charge in [-0.3, -0.25) is 0 Å². The van der Waals surface area contributed by atoms with Gasteiger partial charge >= 0.3 is 0 Å². The number of hydrogen-bond donors (Lipinski definition) is 0. The molecule has 1 rings (SSSR count). The van der Waals surface area contributed by atoms with Crippen LogP contribution in [0.25, 0.3) is 0 Å². The molecule has 0 aliphatic heterocycles. The monoisotopic (exact) mass is 80.1 g/mol. The first-order valence-corrected chi connectivity index (χ1v) is 2.24.